The molecule has 0 radical (unpaired) electrons. The van der Waals surface area contributed by atoms with Gasteiger partial charge in [0.05, 0.1) is 4.90 Å². The van der Waals surface area contributed by atoms with Gasteiger partial charge in [0.1, 0.15) is 0 Å². The maximum Gasteiger partial charge on any atom is 0.441 e. The van der Waals surface area contributed by atoms with Gasteiger partial charge in [-0.3, -0.25) is 0 Å². The number of hydrogen-bond acceptors (Lipinski definition) is 3. The van der Waals surface area contributed by atoms with Crippen LogP contribution in [0.25, 0.3) is 0 Å². The molecular formula is C10H11BrF3NO2S2. The lowest BCUT2D eigenvalue weighted by atomic mass is 10.2. The molecule has 0 aliphatic heterocycles. The van der Waals surface area contributed by atoms with Crippen LogP contribution in [0.3, 0.4) is 0 Å². The Hall–Kier alpha value is -0.250. The normalized spacial score (nSPS) is 12.6. The highest BCUT2D eigenvalue weighted by molar-refractivity contribution is 9.08. The molecule has 0 unspecified atom stereocenters. The molecule has 0 aromatic heterocycles. The van der Waals surface area contributed by atoms with E-state index in [1.54, 1.807) is 12.1 Å². The highest BCUT2D eigenvalue weighted by Crippen LogP contribution is 2.29. The Morgan fingerprint density at radius 2 is 1.79 bits per heavy atom. The molecule has 0 bridgehead atoms. The quantitative estimate of drug-likeness (QED) is 0.611. The topological polar surface area (TPSA) is 46.2 Å². The summed E-state index contributed by atoms with van der Waals surface area (Å²) in [6.45, 7) is -0.271. The minimum absolute atomic E-state index is 0.0363. The van der Waals surface area contributed by atoms with Crippen LogP contribution in [0, 0.1) is 0 Å². The summed E-state index contributed by atoms with van der Waals surface area (Å²) in [7, 11) is -3.75. The second-order valence-electron chi connectivity index (χ2n) is 3.47. The molecule has 3 nitrogen and oxygen atoms in total. The van der Waals surface area contributed by atoms with Gasteiger partial charge in [0.25, 0.3) is 0 Å². The lowest BCUT2D eigenvalue weighted by Gasteiger charge is -2.08. The lowest BCUT2D eigenvalue weighted by Crippen LogP contribution is -2.26. The van der Waals surface area contributed by atoms with E-state index in [2.05, 4.69) is 20.7 Å². The molecule has 0 fully saturated rings. The number of nitrogens with one attached hydrogen (secondary N) is 1. The van der Waals surface area contributed by atoms with Crippen molar-refractivity contribution in [2.24, 2.45) is 0 Å². The number of sulfonamides is 1. The summed E-state index contributed by atoms with van der Waals surface area (Å²) < 4.78 is 61.2. The van der Waals surface area contributed by atoms with Gasteiger partial charge in [0.2, 0.25) is 10.0 Å². The minimum atomic E-state index is -4.34. The van der Waals surface area contributed by atoms with Crippen LogP contribution in [0.4, 0.5) is 13.2 Å². The molecule has 0 saturated heterocycles. The van der Waals surface area contributed by atoms with Crippen molar-refractivity contribution in [3.63, 3.8) is 0 Å². The summed E-state index contributed by atoms with van der Waals surface area (Å²) >= 11 is 2.97. The van der Waals surface area contributed by atoms with Crippen molar-refractivity contribution in [2.75, 3.05) is 12.3 Å². The summed E-state index contributed by atoms with van der Waals surface area (Å²) in [5.74, 6) is -0.359. The Labute approximate surface area is 122 Å². The third-order valence-corrected chi connectivity index (χ3v) is 4.91. The Kier molecular flexibility index (Phi) is 6.15. The maximum atomic E-state index is 11.9. The number of alkyl halides is 4. The van der Waals surface area contributed by atoms with Crippen LogP contribution in [-0.2, 0) is 15.4 Å². The Morgan fingerprint density at radius 3 is 2.26 bits per heavy atom. The van der Waals surface area contributed by atoms with E-state index in [1.807, 2.05) is 0 Å². The standard InChI is InChI=1S/C10H11BrF3NO2S2/c11-7-8-1-3-9(4-2-8)19(16,17)15-5-6-18-10(12,13)14/h1-4,15H,5-7H2. The Morgan fingerprint density at radius 1 is 1.21 bits per heavy atom. The molecule has 19 heavy (non-hydrogen) atoms. The first-order valence-electron chi connectivity index (χ1n) is 5.10. The molecule has 0 amide bonds. The largest absolute Gasteiger partial charge is 0.441 e. The van der Waals surface area contributed by atoms with Gasteiger partial charge in [0.15, 0.2) is 0 Å². The molecule has 0 aliphatic rings. The summed E-state index contributed by atoms with van der Waals surface area (Å²) in [6.07, 6.45) is 0. The number of benzene rings is 1. The first-order chi connectivity index (χ1) is 8.74. The lowest BCUT2D eigenvalue weighted by molar-refractivity contribution is -0.0327. The summed E-state index contributed by atoms with van der Waals surface area (Å²) in [4.78, 5) is 0.0363. The molecule has 0 saturated carbocycles. The fraction of sp³-hybridized carbons (Fsp3) is 0.400. The van der Waals surface area contributed by atoms with Gasteiger partial charge in [-0.1, -0.05) is 28.1 Å². The zero-order chi connectivity index (χ0) is 14.5. The molecular weight excluding hydrogens is 367 g/mol. The van der Waals surface area contributed by atoms with Gasteiger partial charge in [-0.25, -0.2) is 13.1 Å². The zero-order valence-corrected chi connectivity index (χ0v) is 12.8. The van der Waals surface area contributed by atoms with Crippen molar-refractivity contribution >= 4 is 37.7 Å². The number of thioether (sulfide) groups is 1. The molecule has 1 aromatic carbocycles. The van der Waals surface area contributed by atoms with Crippen LogP contribution < -0.4 is 4.72 Å². The van der Waals surface area contributed by atoms with E-state index >= 15 is 0 Å². The third-order valence-electron chi connectivity index (χ3n) is 2.05. The van der Waals surface area contributed by atoms with E-state index in [4.69, 9.17) is 0 Å². The number of rotatable bonds is 6. The van der Waals surface area contributed by atoms with Crippen LogP contribution in [0.15, 0.2) is 29.2 Å². The van der Waals surface area contributed by atoms with Crippen LogP contribution in [-0.4, -0.2) is 26.2 Å². The second-order valence-corrected chi connectivity index (χ2v) is 6.96. The Bertz CT molecular complexity index is 503. The highest BCUT2D eigenvalue weighted by Gasteiger charge is 2.27. The molecule has 0 heterocycles. The molecule has 1 rings (SSSR count). The highest BCUT2D eigenvalue weighted by atomic mass is 79.9. The van der Waals surface area contributed by atoms with Crippen LogP contribution in [0.1, 0.15) is 5.56 Å². The van der Waals surface area contributed by atoms with Gasteiger partial charge in [-0.2, -0.15) is 13.2 Å². The summed E-state index contributed by atoms with van der Waals surface area (Å²) in [6, 6.07) is 6.09. The van der Waals surface area contributed by atoms with Gasteiger partial charge in [0, 0.05) is 17.6 Å². The summed E-state index contributed by atoms with van der Waals surface area (Å²) in [5, 5.41) is 0.600. The third kappa shape index (κ3) is 6.15. The van der Waals surface area contributed by atoms with Crippen LogP contribution in [0.5, 0.6) is 0 Å². The van der Waals surface area contributed by atoms with Crippen LogP contribution in [0.2, 0.25) is 0 Å². The smallest absolute Gasteiger partial charge is 0.210 e. The van der Waals surface area contributed by atoms with Crippen molar-refractivity contribution in [3.05, 3.63) is 29.8 Å². The maximum absolute atomic E-state index is 11.9. The van der Waals surface area contributed by atoms with E-state index < -0.39 is 15.5 Å². The average Bonchev–Trinajstić information content (AvgIpc) is 2.34. The van der Waals surface area contributed by atoms with Crippen molar-refractivity contribution < 1.29 is 21.6 Å². The van der Waals surface area contributed by atoms with E-state index in [9.17, 15) is 21.6 Å². The first kappa shape index (κ1) is 16.8. The van der Waals surface area contributed by atoms with Gasteiger partial charge in [-0.05, 0) is 29.5 Å². The van der Waals surface area contributed by atoms with Crippen molar-refractivity contribution in [1.82, 2.24) is 4.72 Å². The zero-order valence-electron chi connectivity index (χ0n) is 9.58. The minimum Gasteiger partial charge on any atom is -0.210 e. The molecule has 0 atom stereocenters. The molecule has 0 aliphatic carbocycles. The molecule has 108 valence electrons. The summed E-state index contributed by atoms with van der Waals surface area (Å²) in [5.41, 5.74) is -3.44. The fourth-order valence-electron chi connectivity index (χ4n) is 1.18. The number of hydrogen-bond donors (Lipinski definition) is 1. The predicted molar refractivity (Wildman–Crippen MR) is 72.8 cm³/mol. The van der Waals surface area contributed by atoms with Gasteiger partial charge in [-0.15, -0.1) is 0 Å². The van der Waals surface area contributed by atoms with E-state index in [1.165, 1.54) is 12.1 Å². The molecule has 1 aromatic rings. The molecule has 0 spiro atoms. The Balaban J connectivity index is 2.56. The predicted octanol–water partition coefficient (Wildman–Crippen LogP) is 3.11. The molecule has 9 heteroatoms. The number of halogens is 4. The monoisotopic (exact) mass is 377 g/mol. The average molecular weight is 378 g/mol. The van der Waals surface area contributed by atoms with Gasteiger partial charge >= 0.3 is 5.51 Å². The molecule has 1 N–H and O–H groups in total. The second kappa shape index (κ2) is 6.96. The van der Waals surface area contributed by atoms with Gasteiger partial charge < -0.3 is 0 Å². The van der Waals surface area contributed by atoms with E-state index in [0.29, 0.717) is 5.33 Å². The first-order valence-corrected chi connectivity index (χ1v) is 8.69. The van der Waals surface area contributed by atoms with Crippen molar-refractivity contribution in [3.8, 4) is 0 Å². The van der Waals surface area contributed by atoms with Crippen molar-refractivity contribution in [1.29, 1.82) is 0 Å². The SMILES string of the molecule is O=S(=O)(NCCSC(F)(F)F)c1ccc(CBr)cc1. The van der Waals surface area contributed by atoms with E-state index in [-0.39, 0.29) is 29.0 Å². The van der Waals surface area contributed by atoms with E-state index in [0.717, 1.165) is 5.56 Å². The van der Waals surface area contributed by atoms with Crippen LogP contribution >= 0.6 is 27.7 Å². The fourth-order valence-corrected chi connectivity index (χ4v) is 3.15. The van der Waals surface area contributed by atoms with Crippen molar-refractivity contribution in [2.45, 2.75) is 15.7 Å².